The fourth-order valence-corrected chi connectivity index (χ4v) is 0. The summed E-state index contributed by atoms with van der Waals surface area (Å²) in [6, 6.07) is 1.41. The van der Waals surface area contributed by atoms with Crippen molar-refractivity contribution in [3.05, 3.63) is 0 Å². The van der Waals surface area contributed by atoms with Crippen molar-refractivity contribution in [3.63, 3.8) is 0 Å². The van der Waals surface area contributed by atoms with E-state index in [1.54, 1.807) is 0 Å². The standard InChI is InChI=1S/C4H11Si.3CH3.Sn/c1-4-5(2)3;;;;/h4H2,1-3H3;3*1H3;. The van der Waals surface area contributed by atoms with Gasteiger partial charge in [-0.15, -0.1) is 0 Å². The molecule has 0 saturated carbocycles. The van der Waals surface area contributed by atoms with E-state index in [0.29, 0.717) is 0 Å². The molecule has 0 heterocycles. The van der Waals surface area contributed by atoms with Crippen LogP contribution in [0.15, 0.2) is 0 Å². The number of hydrogen-bond donors (Lipinski definition) is 0. The first-order valence-electron chi connectivity index (χ1n) is 3.56. The second-order valence-electron chi connectivity index (χ2n) is 3.06. The zero-order chi connectivity index (χ0) is 7.86. The zero-order valence-corrected chi connectivity index (χ0v) is 11.6. The molecule has 0 N–H and O–H groups in total. The van der Waals surface area contributed by atoms with Crippen LogP contribution in [-0.4, -0.2) is 28.6 Å². The van der Waals surface area contributed by atoms with E-state index < -0.39 is 19.8 Å². The SMILES string of the molecule is CC[Si](C)C.[CH3][Sn]([CH3])[CH3]. The Morgan fingerprint density at radius 3 is 1.22 bits per heavy atom. The molecule has 0 bridgehead atoms. The van der Waals surface area contributed by atoms with Crippen molar-refractivity contribution < 1.29 is 0 Å². The van der Waals surface area contributed by atoms with Crippen molar-refractivity contribution in [1.29, 1.82) is 0 Å². The van der Waals surface area contributed by atoms with E-state index in [0.717, 1.165) is 0 Å². The predicted molar refractivity (Wildman–Crippen MR) is 51.3 cm³/mol. The molecule has 0 aromatic carbocycles. The van der Waals surface area contributed by atoms with Crippen molar-refractivity contribution in [2.45, 2.75) is 40.9 Å². The van der Waals surface area contributed by atoms with Crippen LogP contribution >= 0.6 is 0 Å². The average molecular weight is 251 g/mol. The normalized spacial score (nSPS) is 9.33. The van der Waals surface area contributed by atoms with Gasteiger partial charge in [-0.25, -0.2) is 0 Å². The second-order valence-corrected chi connectivity index (χ2v) is 14.7. The first kappa shape index (κ1) is 12.7. The van der Waals surface area contributed by atoms with Gasteiger partial charge in [0, 0.05) is 8.80 Å². The van der Waals surface area contributed by atoms with Crippen LogP contribution in [0.5, 0.6) is 0 Å². The molecule has 0 aliphatic rings. The van der Waals surface area contributed by atoms with Gasteiger partial charge < -0.3 is 0 Å². The second kappa shape index (κ2) is 9.02. The monoisotopic (exact) mass is 252 g/mol. The van der Waals surface area contributed by atoms with Crippen molar-refractivity contribution in [1.82, 2.24) is 0 Å². The predicted octanol–water partition coefficient (Wildman–Crippen LogP) is 3.13. The van der Waals surface area contributed by atoms with Crippen molar-refractivity contribution in [2.24, 2.45) is 0 Å². The van der Waals surface area contributed by atoms with Gasteiger partial charge in [-0.05, 0) is 0 Å². The topological polar surface area (TPSA) is 0 Å². The van der Waals surface area contributed by atoms with Gasteiger partial charge in [0.2, 0.25) is 0 Å². The number of hydrogen-bond acceptors (Lipinski definition) is 0. The molecular formula is C7H20SiSn. The van der Waals surface area contributed by atoms with E-state index in [-0.39, 0.29) is 8.80 Å². The van der Waals surface area contributed by atoms with Gasteiger partial charge in [0.15, 0.2) is 0 Å². The van der Waals surface area contributed by atoms with Gasteiger partial charge >= 0.3 is 34.6 Å². The summed E-state index contributed by atoms with van der Waals surface area (Å²) in [5.74, 6) is 0. The molecule has 0 nitrogen and oxygen atoms in total. The summed E-state index contributed by atoms with van der Waals surface area (Å²) in [6.45, 7) is 6.89. The first-order valence-corrected chi connectivity index (χ1v) is 14.8. The molecule has 0 amide bonds. The van der Waals surface area contributed by atoms with Crippen LogP contribution in [0.25, 0.3) is 0 Å². The third kappa shape index (κ3) is 48.8. The Hall–Kier alpha value is 1.02. The molecule has 0 unspecified atom stereocenters. The third-order valence-corrected chi connectivity index (χ3v) is 2.12. The zero-order valence-electron chi connectivity index (χ0n) is 7.71. The molecule has 0 spiro atoms. The Morgan fingerprint density at radius 1 is 1.11 bits per heavy atom. The molecule has 0 atom stereocenters. The Bertz CT molecular complexity index is 41.4. The summed E-state index contributed by atoms with van der Waals surface area (Å²) in [7, 11) is 0.126. The van der Waals surface area contributed by atoms with Crippen LogP contribution < -0.4 is 0 Å². The summed E-state index contributed by atoms with van der Waals surface area (Å²) in [4.78, 5) is 7.09. The molecule has 9 heavy (non-hydrogen) atoms. The van der Waals surface area contributed by atoms with Crippen molar-refractivity contribution in [3.8, 4) is 0 Å². The van der Waals surface area contributed by atoms with Crippen LogP contribution in [-0.2, 0) is 0 Å². The van der Waals surface area contributed by atoms with Gasteiger partial charge in [-0.2, -0.15) is 0 Å². The maximum absolute atomic E-state index is 2.36. The summed E-state index contributed by atoms with van der Waals surface area (Å²) >= 11 is -0.543. The Morgan fingerprint density at radius 2 is 1.22 bits per heavy atom. The minimum atomic E-state index is -0.543. The van der Waals surface area contributed by atoms with E-state index in [2.05, 4.69) is 34.8 Å². The summed E-state index contributed by atoms with van der Waals surface area (Å²) in [5, 5.41) is 0. The van der Waals surface area contributed by atoms with Crippen LogP contribution in [0.4, 0.5) is 0 Å². The minimum absolute atomic E-state index is 0.126. The van der Waals surface area contributed by atoms with Gasteiger partial charge in [0.05, 0.1) is 0 Å². The van der Waals surface area contributed by atoms with Crippen LogP contribution in [0.1, 0.15) is 6.92 Å². The maximum atomic E-state index is 2.36. The first-order chi connectivity index (χ1) is 4.00. The molecule has 2 radical (unpaired) electrons. The molecule has 0 aromatic heterocycles. The molecule has 2 heteroatoms. The summed E-state index contributed by atoms with van der Waals surface area (Å²) < 4.78 is 0. The summed E-state index contributed by atoms with van der Waals surface area (Å²) in [6.07, 6.45) is 0. The Kier molecular flexibility index (Phi) is 12.7. The van der Waals surface area contributed by atoms with Gasteiger partial charge in [0.1, 0.15) is 0 Å². The summed E-state index contributed by atoms with van der Waals surface area (Å²) in [5.41, 5.74) is 0. The molecule has 0 aromatic rings. The van der Waals surface area contributed by atoms with E-state index in [1.165, 1.54) is 6.04 Å². The Labute approximate surface area is 69.4 Å². The molecule has 0 rings (SSSR count). The van der Waals surface area contributed by atoms with E-state index in [4.69, 9.17) is 0 Å². The molecule has 0 fully saturated rings. The average Bonchev–Trinajstić information content (AvgIpc) is 1.65. The molecule has 0 saturated heterocycles. The van der Waals surface area contributed by atoms with Gasteiger partial charge in [-0.3, -0.25) is 0 Å². The molecule has 56 valence electrons. The molecular weight excluding hydrogens is 231 g/mol. The van der Waals surface area contributed by atoms with Crippen molar-refractivity contribution in [2.75, 3.05) is 0 Å². The molecule has 0 aliphatic heterocycles. The fraction of sp³-hybridized carbons (Fsp3) is 1.00. The fourth-order valence-electron chi connectivity index (χ4n) is 0. The van der Waals surface area contributed by atoms with Crippen molar-refractivity contribution >= 4 is 28.6 Å². The van der Waals surface area contributed by atoms with E-state index in [1.807, 2.05) is 0 Å². The van der Waals surface area contributed by atoms with Gasteiger partial charge in [0.25, 0.3) is 0 Å². The van der Waals surface area contributed by atoms with Gasteiger partial charge in [-0.1, -0.05) is 26.1 Å². The third-order valence-electron chi connectivity index (χ3n) is 0.707. The number of rotatable bonds is 1. The van der Waals surface area contributed by atoms with Crippen LogP contribution in [0, 0.1) is 0 Å². The Balaban J connectivity index is 0. The van der Waals surface area contributed by atoms with E-state index in [9.17, 15) is 0 Å². The van der Waals surface area contributed by atoms with Crippen LogP contribution in [0.3, 0.4) is 0 Å². The quantitative estimate of drug-likeness (QED) is 0.628. The van der Waals surface area contributed by atoms with E-state index >= 15 is 0 Å². The van der Waals surface area contributed by atoms with Crippen LogP contribution in [0.2, 0.25) is 34.0 Å². The molecule has 0 aliphatic carbocycles.